The van der Waals surface area contributed by atoms with E-state index in [-0.39, 0.29) is 31.1 Å². The van der Waals surface area contributed by atoms with E-state index >= 15 is 0 Å². The lowest BCUT2D eigenvalue weighted by Gasteiger charge is -2.18. The summed E-state index contributed by atoms with van der Waals surface area (Å²) in [5.74, 6) is -0.922. The van der Waals surface area contributed by atoms with Gasteiger partial charge in [0.05, 0.1) is 0 Å². The van der Waals surface area contributed by atoms with Gasteiger partial charge in [-0.3, -0.25) is 14.4 Å². The van der Waals surface area contributed by atoms with Crippen molar-refractivity contribution in [1.82, 2.24) is 0 Å². The fourth-order valence-corrected chi connectivity index (χ4v) is 9.60. The van der Waals surface area contributed by atoms with Gasteiger partial charge in [-0.1, -0.05) is 311 Å². The van der Waals surface area contributed by atoms with Gasteiger partial charge in [0.1, 0.15) is 13.2 Å². The minimum absolute atomic E-state index is 0.0907. The van der Waals surface area contributed by atoms with Gasteiger partial charge in [0.15, 0.2) is 6.10 Å². The molecule has 6 heteroatoms. The van der Waals surface area contributed by atoms with Crippen LogP contribution in [0.1, 0.15) is 329 Å². The number of rotatable bonds is 61. The molecule has 79 heavy (non-hydrogen) atoms. The van der Waals surface area contributed by atoms with E-state index in [0.29, 0.717) is 19.3 Å². The van der Waals surface area contributed by atoms with Crippen molar-refractivity contribution in [1.29, 1.82) is 0 Å². The standard InChI is InChI=1S/C73H126O6/c1-4-7-10-13-16-19-22-25-28-30-32-34-36-38-40-42-45-48-51-54-57-60-63-66-72(75)78-69-70(68-77-71(74)65-62-59-56-53-50-47-44-27-24-21-18-15-12-9-6-3)79-73(76)67-64-61-58-55-52-49-46-43-41-39-37-35-33-31-29-26-23-20-17-14-11-8-5-2/h7,9-10,12,16,18-19,21,25,27-28,32,34,44,50,53,70H,4-6,8,11,13-15,17,20,22-24,26,29-31,33,35-43,45-49,51-52,54-69H2,1-3H3/b10-7-,12-9-,19-16-,21-18-,28-25-,34-32-,44-27-,53-50-. The minimum atomic E-state index is -0.797. The molecule has 0 bridgehead atoms. The normalized spacial score (nSPS) is 12.7. The molecule has 0 amide bonds. The van der Waals surface area contributed by atoms with Crippen LogP contribution >= 0.6 is 0 Å². The molecule has 0 aliphatic carbocycles. The van der Waals surface area contributed by atoms with Crippen molar-refractivity contribution in [2.45, 2.75) is 335 Å². The lowest BCUT2D eigenvalue weighted by molar-refractivity contribution is -0.167. The lowest BCUT2D eigenvalue weighted by atomic mass is 10.0. The minimum Gasteiger partial charge on any atom is -0.462 e. The molecule has 454 valence electrons. The molecule has 0 saturated heterocycles. The molecular weight excluding hydrogens is 973 g/mol. The van der Waals surface area contributed by atoms with Crippen LogP contribution < -0.4 is 0 Å². The zero-order valence-corrected chi connectivity index (χ0v) is 52.1. The Kier molecular flexibility index (Phi) is 63.7. The van der Waals surface area contributed by atoms with E-state index in [1.54, 1.807) is 0 Å². The van der Waals surface area contributed by atoms with Crippen molar-refractivity contribution in [2.24, 2.45) is 0 Å². The summed E-state index contributed by atoms with van der Waals surface area (Å²) in [4.78, 5) is 38.4. The zero-order chi connectivity index (χ0) is 57.1. The largest absolute Gasteiger partial charge is 0.462 e. The van der Waals surface area contributed by atoms with Crippen LogP contribution in [0.4, 0.5) is 0 Å². The first kappa shape index (κ1) is 75.3. The monoisotopic (exact) mass is 1100 g/mol. The molecule has 0 aromatic carbocycles. The Balaban J connectivity index is 4.36. The van der Waals surface area contributed by atoms with Crippen LogP contribution in [0.25, 0.3) is 0 Å². The number of ether oxygens (including phenoxy) is 3. The highest BCUT2D eigenvalue weighted by atomic mass is 16.6. The number of hydrogen-bond donors (Lipinski definition) is 0. The van der Waals surface area contributed by atoms with Crippen molar-refractivity contribution in [3.8, 4) is 0 Å². The average Bonchev–Trinajstić information content (AvgIpc) is 3.45. The molecule has 1 atom stereocenters. The van der Waals surface area contributed by atoms with Gasteiger partial charge >= 0.3 is 17.9 Å². The number of unbranched alkanes of at least 4 members (excludes halogenated alkanes) is 34. The molecule has 0 radical (unpaired) electrons. The zero-order valence-electron chi connectivity index (χ0n) is 52.1. The van der Waals surface area contributed by atoms with Gasteiger partial charge in [-0.2, -0.15) is 0 Å². The number of esters is 3. The number of allylic oxidation sites excluding steroid dienone is 16. The third-order valence-corrected chi connectivity index (χ3v) is 14.6. The summed E-state index contributed by atoms with van der Waals surface area (Å²) in [7, 11) is 0. The van der Waals surface area contributed by atoms with E-state index < -0.39 is 6.10 Å². The van der Waals surface area contributed by atoms with Crippen LogP contribution in [0, 0.1) is 0 Å². The SMILES string of the molecule is CC/C=C\C/C=C\C/C=C\C/C=C\CCCCCCCCCCCCC(=O)OCC(COC(=O)CCCC/C=C\C/C=C\C/C=C\C/C=C\CC)OC(=O)CCCCCCCCCCCCCCCCCCCCCCCCC. The molecule has 0 aromatic heterocycles. The molecule has 0 spiro atoms. The van der Waals surface area contributed by atoms with E-state index in [1.807, 2.05) is 0 Å². The molecule has 6 nitrogen and oxygen atoms in total. The third kappa shape index (κ3) is 65.0. The van der Waals surface area contributed by atoms with E-state index in [2.05, 4.69) is 118 Å². The molecule has 1 unspecified atom stereocenters. The Morgan fingerprint density at radius 1 is 0.266 bits per heavy atom. The second-order valence-electron chi connectivity index (χ2n) is 22.3. The van der Waals surface area contributed by atoms with Gasteiger partial charge in [-0.15, -0.1) is 0 Å². The summed E-state index contributed by atoms with van der Waals surface area (Å²) < 4.78 is 16.9. The molecule has 0 aromatic rings. The third-order valence-electron chi connectivity index (χ3n) is 14.6. The first-order valence-electron chi connectivity index (χ1n) is 33.7. The maximum absolute atomic E-state index is 12.9. The van der Waals surface area contributed by atoms with Crippen molar-refractivity contribution in [3.63, 3.8) is 0 Å². The van der Waals surface area contributed by atoms with Crippen molar-refractivity contribution >= 4 is 17.9 Å². The number of carbonyl (C=O) groups is 3. The van der Waals surface area contributed by atoms with Crippen molar-refractivity contribution < 1.29 is 28.6 Å². The summed E-state index contributed by atoms with van der Waals surface area (Å²) in [6, 6.07) is 0. The quantitative estimate of drug-likeness (QED) is 0.0261. The summed E-state index contributed by atoms with van der Waals surface area (Å²) in [5.41, 5.74) is 0. The molecule has 0 aliphatic heterocycles. The van der Waals surface area contributed by atoms with Crippen LogP contribution in [-0.2, 0) is 28.6 Å². The maximum Gasteiger partial charge on any atom is 0.306 e. The smallest absolute Gasteiger partial charge is 0.306 e. The van der Waals surface area contributed by atoms with E-state index in [0.717, 1.165) is 109 Å². The van der Waals surface area contributed by atoms with E-state index in [1.165, 1.54) is 180 Å². The van der Waals surface area contributed by atoms with E-state index in [4.69, 9.17) is 14.2 Å². The molecule has 0 heterocycles. The Bertz CT molecular complexity index is 1540. The fourth-order valence-electron chi connectivity index (χ4n) is 9.60. The number of carbonyl (C=O) groups excluding carboxylic acids is 3. The van der Waals surface area contributed by atoms with Crippen LogP contribution in [0.5, 0.6) is 0 Å². The fraction of sp³-hybridized carbons (Fsp3) is 0.740. The van der Waals surface area contributed by atoms with Gasteiger partial charge in [0.25, 0.3) is 0 Å². The first-order chi connectivity index (χ1) is 39.0. The molecule has 0 rings (SSSR count). The second-order valence-corrected chi connectivity index (χ2v) is 22.3. The van der Waals surface area contributed by atoms with Gasteiger partial charge in [0.2, 0.25) is 0 Å². The molecule has 0 N–H and O–H groups in total. The average molecular weight is 1100 g/mol. The summed E-state index contributed by atoms with van der Waals surface area (Å²) in [6.07, 6.45) is 90.0. The van der Waals surface area contributed by atoms with Crippen molar-refractivity contribution in [2.75, 3.05) is 13.2 Å². The van der Waals surface area contributed by atoms with Gasteiger partial charge in [-0.25, -0.2) is 0 Å². The second kappa shape index (κ2) is 66.8. The predicted octanol–water partition coefficient (Wildman–Crippen LogP) is 23.2. The topological polar surface area (TPSA) is 78.9 Å². The molecule has 0 saturated carbocycles. The molecule has 0 aliphatic rings. The predicted molar refractivity (Wildman–Crippen MR) is 344 cm³/mol. The maximum atomic E-state index is 12.9. The van der Waals surface area contributed by atoms with Gasteiger partial charge in [0, 0.05) is 19.3 Å². The van der Waals surface area contributed by atoms with Crippen LogP contribution in [0.2, 0.25) is 0 Å². The summed E-state index contributed by atoms with van der Waals surface area (Å²) >= 11 is 0. The highest BCUT2D eigenvalue weighted by Crippen LogP contribution is 2.17. The van der Waals surface area contributed by atoms with Crippen LogP contribution in [0.15, 0.2) is 97.2 Å². The first-order valence-corrected chi connectivity index (χ1v) is 33.7. The Hall–Kier alpha value is -3.67. The molecule has 0 fully saturated rings. The summed E-state index contributed by atoms with van der Waals surface area (Å²) in [6.45, 7) is 6.42. The van der Waals surface area contributed by atoms with Crippen LogP contribution in [-0.4, -0.2) is 37.2 Å². The Morgan fingerprint density at radius 3 is 0.797 bits per heavy atom. The van der Waals surface area contributed by atoms with Crippen molar-refractivity contribution in [3.05, 3.63) is 97.2 Å². The lowest BCUT2D eigenvalue weighted by Crippen LogP contribution is -2.30. The van der Waals surface area contributed by atoms with Gasteiger partial charge in [-0.05, 0) is 96.3 Å². The Morgan fingerprint density at radius 2 is 0.494 bits per heavy atom. The highest BCUT2D eigenvalue weighted by Gasteiger charge is 2.19. The van der Waals surface area contributed by atoms with Gasteiger partial charge < -0.3 is 14.2 Å². The summed E-state index contributed by atoms with van der Waals surface area (Å²) in [5, 5.41) is 0. The van der Waals surface area contributed by atoms with E-state index in [9.17, 15) is 14.4 Å². The number of hydrogen-bond acceptors (Lipinski definition) is 6. The molecular formula is C73H126O6. The Labute approximate surface area is 489 Å². The van der Waals surface area contributed by atoms with Crippen LogP contribution in [0.3, 0.4) is 0 Å². The highest BCUT2D eigenvalue weighted by molar-refractivity contribution is 5.71.